The summed E-state index contributed by atoms with van der Waals surface area (Å²) in [5, 5.41) is 19.1. The Morgan fingerprint density at radius 3 is 2.47 bits per heavy atom. The van der Waals surface area contributed by atoms with E-state index in [1.165, 1.54) is 36.6 Å². The predicted molar refractivity (Wildman–Crippen MR) is 131 cm³/mol. The molecule has 1 unspecified atom stereocenters. The van der Waals surface area contributed by atoms with E-state index in [0.29, 0.717) is 14.9 Å². The van der Waals surface area contributed by atoms with Crippen molar-refractivity contribution in [3.05, 3.63) is 72.5 Å². The van der Waals surface area contributed by atoms with Crippen LogP contribution in [0.4, 0.5) is 0 Å². The quantitative estimate of drug-likeness (QED) is 0.295. The van der Waals surface area contributed by atoms with E-state index in [2.05, 4.69) is 31.9 Å². The normalized spacial score (nSPS) is 11.4. The van der Waals surface area contributed by atoms with Crippen molar-refractivity contribution in [1.82, 2.24) is 16.0 Å². The summed E-state index contributed by atoms with van der Waals surface area (Å²) < 4.78 is 5.11. The summed E-state index contributed by atoms with van der Waals surface area (Å²) in [6.45, 7) is 0.0219. The molecule has 3 aromatic rings. The van der Waals surface area contributed by atoms with Gasteiger partial charge in [0.25, 0.3) is 17.7 Å². The van der Waals surface area contributed by atoms with Crippen molar-refractivity contribution in [1.29, 1.82) is 0 Å². The standard InChI is InChI=1S/C22H20BrN3O6S2/c1-32-22(31)15(11-25-19(28)16-6-3-7-33-16)26-21(30)18-14(23)9-17(34-18)20(29)24-10-12-4-2-5-13(27)8-12/h2-9,15,27H,10-11H2,1H3,(H,24,29)(H,25,28)(H,26,30). The van der Waals surface area contributed by atoms with Crippen LogP contribution in [0.3, 0.4) is 0 Å². The number of phenolic OH excluding ortho intramolecular Hbond substituents is 1. The second kappa shape index (κ2) is 11.8. The van der Waals surface area contributed by atoms with Crippen molar-refractivity contribution >= 4 is 62.3 Å². The molecule has 2 heterocycles. The van der Waals surface area contributed by atoms with Crippen molar-refractivity contribution in [3.63, 3.8) is 0 Å². The molecule has 0 aliphatic carbocycles. The highest BCUT2D eigenvalue weighted by Crippen LogP contribution is 2.27. The minimum atomic E-state index is -1.13. The van der Waals surface area contributed by atoms with Gasteiger partial charge in [-0.25, -0.2) is 4.79 Å². The van der Waals surface area contributed by atoms with Gasteiger partial charge >= 0.3 is 5.97 Å². The van der Waals surface area contributed by atoms with E-state index >= 15 is 0 Å². The highest BCUT2D eigenvalue weighted by molar-refractivity contribution is 9.10. The largest absolute Gasteiger partial charge is 0.508 e. The van der Waals surface area contributed by atoms with E-state index in [0.717, 1.165) is 11.3 Å². The second-order valence-corrected chi connectivity index (χ2v) is 9.73. The lowest BCUT2D eigenvalue weighted by molar-refractivity contribution is -0.142. The van der Waals surface area contributed by atoms with Gasteiger partial charge in [0.05, 0.1) is 16.9 Å². The third kappa shape index (κ3) is 6.65. The molecule has 12 heteroatoms. The molecule has 178 valence electrons. The van der Waals surface area contributed by atoms with Crippen LogP contribution in [0.2, 0.25) is 0 Å². The first-order valence-corrected chi connectivity index (χ1v) is 12.3. The molecule has 0 saturated heterocycles. The summed E-state index contributed by atoms with van der Waals surface area (Å²) in [5.74, 6) is -2.01. The van der Waals surface area contributed by atoms with Crippen molar-refractivity contribution in [2.45, 2.75) is 12.6 Å². The molecular formula is C22H20BrN3O6S2. The van der Waals surface area contributed by atoms with Crippen LogP contribution in [0, 0.1) is 0 Å². The van der Waals surface area contributed by atoms with Gasteiger partial charge in [0, 0.05) is 17.6 Å². The molecule has 0 fully saturated rings. The molecule has 0 spiro atoms. The zero-order valence-corrected chi connectivity index (χ0v) is 21.0. The summed E-state index contributed by atoms with van der Waals surface area (Å²) in [6, 6.07) is 10.2. The third-order valence-corrected chi connectivity index (χ3v) is 7.37. The summed E-state index contributed by atoms with van der Waals surface area (Å²) >= 11 is 5.46. The van der Waals surface area contributed by atoms with Crippen LogP contribution in [0.5, 0.6) is 5.75 Å². The van der Waals surface area contributed by atoms with E-state index in [1.807, 2.05) is 0 Å². The van der Waals surface area contributed by atoms with Gasteiger partial charge in [0.15, 0.2) is 0 Å². The fourth-order valence-corrected chi connectivity index (χ4v) is 5.13. The number of carbonyl (C=O) groups excluding carboxylic acids is 4. The average molecular weight is 566 g/mol. The maximum absolute atomic E-state index is 12.8. The van der Waals surface area contributed by atoms with Crippen LogP contribution in [0.25, 0.3) is 0 Å². The number of hydrogen-bond donors (Lipinski definition) is 4. The minimum absolute atomic E-state index is 0.0938. The average Bonchev–Trinajstić information content (AvgIpc) is 3.49. The first kappa shape index (κ1) is 25.4. The van der Waals surface area contributed by atoms with Gasteiger partial charge in [0.2, 0.25) is 0 Å². The van der Waals surface area contributed by atoms with E-state index in [9.17, 15) is 24.3 Å². The number of benzene rings is 1. The molecule has 0 radical (unpaired) electrons. The maximum atomic E-state index is 12.8. The molecule has 34 heavy (non-hydrogen) atoms. The number of rotatable bonds is 9. The molecule has 0 aliphatic rings. The van der Waals surface area contributed by atoms with Gasteiger partial charge in [-0.15, -0.1) is 22.7 Å². The van der Waals surface area contributed by atoms with Crippen LogP contribution < -0.4 is 16.0 Å². The lowest BCUT2D eigenvalue weighted by atomic mass is 10.2. The topological polar surface area (TPSA) is 134 Å². The first-order chi connectivity index (χ1) is 16.3. The van der Waals surface area contributed by atoms with E-state index in [1.54, 1.807) is 29.6 Å². The molecule has 0 saturated carbocycles. The summed E-state index contributed by atoms with van der Waals surface area (Å²) in [4.78, 5) is 50.6. The Hall–Kier alpha value is -3.22. The number of methoxy groups -OCH3 is 1. The molecule has 3 rings (SSSR count). The van der Waals surface area contributed by atoms with Gasteiger partial charge in [-0.2, -0.15) is 0 Å². The highest BCUT2D eigenvalue weighted by atomic mass is 79.9. The summed E-state index contributed by atoms with van der Waals surface area (Å²) in [7, 11) is 1.18. The molecular weight excluding hydrogens is 546 g/mol. The van der Waals surface area contributed by atoms with Crippen molar-refractivity contribution < 1.29 is 29.0 Å². The number of hydrogen-bond acceptors (Lipinski definition) is 8. The van der Waals surface area contributed by atoms with Gasteiger partial charge in [-0.3, -0.25) is 14.4 Å². The fourth-order valence-electron chi connectivity index (χ4n) is 2.82. The number of carbonyl (C=O) groups is 4. The maximum Gasteiger partial charge on any atom is 0.330 e. The number of aromatic hydroxyl groups is 1. The fraction of sp³-hybridized carbons (Fsp3) is 0.182. The molecule has 1 atom stereocenters. The Balaban J connectivity index is 1.63. The van der Waals surface area contributed by atoms with Crippen LogP contribution in [-0.2, 0) is 16.1 Å². The molecule has 3 amide bonds. The van der Waals surface area contributed by atoms with Gasteiger partial charge in [0.1, 0.15) is 16.7 Å². The Morgan fingerprint density at radius 2 is 1.79 bits per heavy atom. The van der Waals surface area contributed by atoms with Crippen LogP contribution in [0.15, 0.2) is 52.3 Å². The van der Waals surface area contributed by atoms with Gasteiger partial charge in [-0.1, -0.05) is 18.2 Å². The van der Waals surface area contributed by atoms with Crippen molar-refractivity contribution in [2.24, 2.45) is 0 Å². The van der Waals surface area contributed by atoms with E-state index in [4.69, 9.17) is 4.74 Å². The molecule has 1 aromatic carbocycles. The second-order valence-electron chi connectivity index (χ2n) is 6.88. The Morgan fingerprint density at radius 1 is 1.03 bits per heavy atom. The lowest BCUT2D eigenvalue weighted by Crippen LogP contribution is -2.48. The lowest BCUT2D eigenvalue weighted by Gasteiger charge is -2.16. The zero-order valence-electron chi connectivity index (χ0n) is 17.8. The number of phenols is 1. The van der Waals surface area contributed by atoms with Crippen LogP contribution >= 0.6 is 38.6 Å². The first-order valence-electron chi connectivity index (χ1n) is 9.84. The van der Waals surface area contributed by atoms with E-state index in [-0.39, 0.29) is 34.5 Å². The minimum Gasteiger partial charge on any atom is -0.508 e. The Bertz CT molecular complexity index is 1200. The Labute approximate surface area is 211 Å². The Kier molecular flexibility index (Phi) is 8.79. The number of thiophene rings is 2. The van der Waals surface area contributed by atoms with Crippen molar-refractivity contribution in [2.75, 3.05) is 13.7 Å². The van der Waals surface area contributed by atoms with Crippen LogP contribution in [-0.4, -0.2) is 48.5 Å². The smallest absolute Gasteiger partial charge is 0.330 e. The predicted octanol–water partition coefficient (Wildman–Crippen LogP) is 2.91. The molecule has 9 nitrogen and oxygen atoms in total. The number of amides is 3. The van der Waals surface area contributed by atoms with Crippen LogP contribution in [0.1, 0.15) is 34.6 Å². The number of halogens is 1. The molecule has 2 aromatic heterocycles. The molecule has 0 aliphatic heterocycles. The summed E-state index contributed by atoms with van der Waals surface area (Å²) in [5.41, 5.74) is 0.715. The number of nitrogens with one attached hydrogen (secondary N) is 3. The monoisotopic (exact) mass is 565 g/mol. The van der Waals surface area contributed by atoms with Gasteiger partial charge in [-0.05, 0) is 51.1 Å². The van der Waals surface area contributed by atoms with Gasteiger partial charge < -0.3 is 25.8 Å². The zero-order chi connectivity index (χ0) is 24.7. The number of ether oxygens (including phenoxy) is 1. The van der Waals surface area contributed by atoms with Crippen molar-refractivity contribution in [3.8, 4) is 5.75 Å². The molecule has 4 N–H and O–H groups in total. The SMILES string of the molecule is COC(=O)C(CNC(=O)c1cccs1)NC(=O)c1sc(C(=O)NCc2cccc(O)c2)cc1Br. The summed E-state index contributed by atoms with van der Waals surface area (Å²) in [6.07, 6.45) is 0. The third-order valence-electron chi connectivity index (χ3n) is 4.48. The highest BCUT2D eigenvalue weighted by Gasteiger charge is 2.26. The number of esters is 1. The molecule has 0 bridgehead atoms. The van der Waals surface area contributed by atoms with E-state index < -0.39 is 23.8 Å².